The molecule has 1 aromatic carbocycles. The third kappa shape index (κ3) is 4.47. The van der Waals surface area contributed by atoms with Gasteiger partial charge in [-0.2, -0.15) is 5.26 Å². The maximum atomic E-state index is 9.72. The van der Waals surface area contributed by atoms with E-state index in [9.17, 15) is 5.26 Å². The molecule has 0 amide bonds. The highest BCUT2D eigenvalue weighted by atomic mass is 79.9. The van der Waals surface area contributed by atoms with Gasteiger partial charge < -0.3 is 26.2 Å². The van der Waals surface area contributed by atoms with Crippen LogP contribution >= 0.6 is 0 Å². The maximum Gasteiger partial charge on any atom is 0.119 e. The van der Waals surface area contributed by atoms with Crippen LogP contribution in [-0.2, 0) is 5.41 Å². The molecule has 0 spiro atoms. The summed E-state index contributed by atoms with van der Waals surface area (Å²) in [6.07, 6.45) is 1.87. The van der Waals surface area contributed by atoms with E-state index in [0.29, 0.717) is 5.92 Å². The topological polar surface area (TPSA) is 33.0 Å². The Kier molecular flexibility index (Phi) is 6.46. The average Bonchev–Trinajstić information content (AvgIpc) is 2.46. The first-order valence-corrected chi connectivity index (χ1v) is 7.83. The number of piperidine rings is 1. The van der Waals surface area contributed by atoms with Crippen LogP contribution in [0.25, 0.3) is 0 Å². The van der Waals surface area contributed by atoms with E-state index >= 15 is 0 Å². The van der Waals surface area contributed by atoms with Crippen LogP contribution in [0.15, 0.2) is 24.3 Å². The summed E-state index contributed by atoms with van der Waals surface area (Å²) in [6.45, 7) is 7.12. The minimum Gasteiger partial charge on any atom is -1.00 e. The predicted octanol–water partition coefficient (Wildman–Crippen LogP) is 0.357. The normalized spacial score (nSPS) is 19.1. The number of nitriles is 1. The summed E-state index contributed by atoms with van der Waals surface area (Å²) in [6, 6.07) is 10.7. The first-order valence-electron chi connectivity index (χ1n) is 7.83. The van der Waals surface area contributed by atoms with Gasteiger partial charge in [-0.15, -0.1) is 0 Å². The first-order chi connectivity index (χ1) is 9.87. The van der Waals surface area contributed by atoms with Gasteiger partial charge in [0.1, 0.15) is 5.75 Å². The van der Waals surface area contributed by atoms with Crippen LogP contribution in [0, 0.1) is 17.2 Å². The van der Waals surface area contributed by atoms with Gasteiger partial charge in [0.2, 0.25) is 0 Å². The molecule has 1 heterocycles. The molecule has 1 fully saturated rings. The van der Waals surface area contributed by atoms with Gasteiger partial charge in [-0.1, -0.05) is 26.0 Å². The van der Waals surface area contributed by atoms with Crippen LogP contribution in [-0.4, -0.2) is 38.3 Å². The molecule has 4 heteroatoms. The molecule has 0 radical (unpaired) electrons. The number of ether oxygens (including phenoxy) is 1. The Labute approximate surface area is 145 Å². The van der Waals surface area contributed by atoms with Crippen molar-refractivity contribution in [3.8, 4) is 11.8 Å². The lowest BCUT2D eigenvalue weighted by molar-refractivity contribution is -0.896. The largest absolute Gasteiger partial charge is 1.00 e. The Hall–Kier alpha value is -1.05. The molecule has 2 rings (SSSR count). The number of rotatable bonds is 4. The molecule has 3 nitrogen and oxygen atoms in total. The highest BCUT2D eigenvalue weighted by Crippen LogP contribution is 2.36. The van der Waals surface area contributed by atoms with E-state index < -0.39 is 0 Å². The monoisotopic (exact) mass is 366 g/mol. The van der Waals surface area contributed by atoms with Crippen LogP contribution in [0.3, 0.4) is 0 Å². The Balaban J connectivity index is 0.00000242. The first kappa shape index (κ1) is 19.0. The van der Waals surface area contributed by atoms with E-state index in [2.05, 4.69) is 46.1 Å². The minimum absolute atomic E-state index is 0. The number of hydrogen-bond donors (Lipinski definition) is 0. The summed E-state index contributed by atoms with van der Waals surface area (Å²) >= 11 is 0. The fourth-order valence-corrected chi connectivity index (χ4v) is 2.82. The van der Waals surface area contributed by atoms with Crippen LogP contribution in [0.1, 0.15) is 32.3 Å². The predicted molar refractivity (Wildman–Crippen MR) is 85.1 cm³/mol. The summed E-state index contributed by atoms with van der Waals surface area (Å²) in [5.74, 6) is 1.42. The lowest BCUT2D eigenvalue weighted by atomic mass is 9.73. The van der Waals surface area contributed by atoms with Crippen molar-refractivity contribution in [1.82, 2.24) is 0 Å². The molecule has 0 atom stereocenters. The van der Waals surface area contributed by atoms with E-state index in [0.717, 1.165) is 48.3 Å². The second kappa shape index (κ2) is 7.48. The van der Waals surface area contributed by atoms with Crippen molar-refractivity contribution in [2.75, 3.05) is 33.8 Å². The zero-order valence-electron chi connectivity index (χ0n) is 14.1. The third-order valence-corrected chi connectivity index (χ3v) is 4.49. The SMILES string of the molecule is CC(C)COc1ccc(C2(C#N)CC[N+](C)(C)CC2)cc1.[Br-]. The standard InChI is InChI=1S/C18H27N2O.BrH/c1-15(2)13-21-17-7-5-16(6-8-17)18(14-19)9-11-20(3,4)12-10-18;/h5-8,15H,9-13H2,1-4H3;1H/q+1;/p-1. The van der Waals surface area contributed by atoms with Gasteiger partial charge in [-0.25, -0.2) is 0 Å². The molecule has 0 N–H and O–H groups in total. The molecule has 22 heavy (non-hydrogen) atoms. The molecule has 1 saturated heterocycles. The summed E-state index contributed by atoms with van der Waals surface area (Å²) in [4.78, 5) is 0. The van der Waals surface area contributed by atoms with Gasteiger partial charge in [0.15, 0.2) is 0 Å². The molecule has 1 aliphatic heterocycles. The summed E-state index contributed by atoms with van der Waals surface area (Å²) in [5.41, 5.74) is 0.825. The van der Waals surface area contributed by atoms with Gasteiger partial charge in [0.05, 0.1) is 45.3 Å². The Morgan fingerprint density at radius 1 is 1.18 bits per heavy atom. The molecular formula is C18H27BrN2O. The molecule has 0 aliphatic carbocycles. The average molecular weight is 367 g/mol. The van der Waals surface area contributed by atoms with Gasteiger partial charge >= 0.3 is 0 Å². The van der Waals surface area contributed by atoms with E-state index in [1.165, 1.54) is 0 Å². The lowest BCUT2D eigenvalue weighted by Crippen LogP contribution is -3.00. The number of likely N-dealkylation sites (tertiary alicyclic amines) is 1. The smallest absolute Gasteiger partial charge is 0.119 e. The summed E-state index contributed by atoms with van der Waals surface area (Å²) in [5, 5.41) is 9.72. The highest BCUT2D eigenvalue weighted by Gasteiger charge is 2.40. The lowest BCUT2D eigenvalue weighted by Gasteiger charge is -2.41. The van der Waals surface area contributed by atoms with Crippen molar-refractivity contribution >= 4 is 0 Å². The zero-order chi connectivity index (χ0) is 15.5. The van der Waals surface area contributed by atoms with Crippen molar-refractivity contribution in [3.05, 3.63) is 29.8 Å². The second-order valence-electron chi connectivity index (χ2n) is 7.31. The molecule has 122 valence electrons. The summed E-state index contributed by atoms with van der Waals surface area (Å²) in [7, 11) is 4.48. The molecule has 0 aromatic heterocycles. The second-order valence-corrected chi connectivity index (χ2v) is 7.31. The third-order valence-electron chi connectivity index (χ3n) is 4.49. The fourth-order valence-electron chi connectivity index (χ4n) is 2.82. The Morgan fingerprint density at radius 2 is 1.73 bits per heavy atom. The van der Waals surface area contributed by atoms with Crippen molar-refractivity contribution in [2.45, 2.75) is 32.1 Å². The van der Waals surface area contributed by atoms with E-state index in [1.807, 2.05) is 12.1 Å². The molecule has 0 unspecified atom stereocenters. The maximum absolute atomic E-state index is 9.72. The number of halogens is 1. The molecule has 1 aromatic rings. The van der Waals surface area contributed by atoms with Gasteiger partial charge in [-0.05, 0) is 23.6 Å². The highest BCUT2D eigenvalue weighted by molar-refractivity contribution is 5.37. The van der Waals surface area contributed by atoms with Crippen LogP contribution < -0.4 is 21.7 Å². The molecular weight excluding hydrogens is 340 g/mol. The van der Waals surface area contributed by atoms with Gasteiger partial charge in [0, 0.05) is 12.8 Å². The van der Waals surface area contributed by atoms with Crippen molar-refractivity contribution in [3.63, 3.8) is 0 Å². The minimum atomic E-state index is -0.315. The Morgan fingerprint density at radius 3 is 2.18 bits per heavy atom. The molecule has 1 aliphatic rings. The summed E-state index contributed by atoms with van der Waals surface area (Å²) < 4.78 is 6.74. The van der Waals surface area contributed by atoms with E-state index in [4.69, 9.17) is 4.74 Å². The zero-order valence-corrected chi connectivity index (χ0v) is 15.7. The van der Waals surface area contributed by atoms with E-state index in [1.54, 1.807) is 0 Å². The van der Waals surface area contributed by atoms with Crippen LogP contribution in [0.4, 0.5) is 0 Å². The van der Waals surface area contributed by atoms with Crippen LogP contribution in [0.5, 0.6) is 5.75 Å². The van der Waals surface area contributed by atoms with Crippen LogP contribution in [0.2, 0.25) is 0 Å². The molecule has 0 bridgehead atoms. The van der Waals surface area contributed by atoms with E-state index in [-0.39, 0.29) is 22.4 Å². The van der Waals surface area contributed by atoms with Crippen molar-refractivity contribution in [1.29, 1.82) is 5.26 Å². The fraction of sp³-hybridized carbons (Fsp3) is 0.611. The van der Waals surface area contributed by atoms with Gasteiger partial charge in [0.25, 0.3) is 0 Å². The van der Waals surface area contributed by atoms with Crippen molar-refractivity contribution < 1.29 is 26.2 Å². The van der Waals surface area contributed by atoms with Gasteiger partial charge in [-0.3, -0.25) is 0 Å². The molecule has 0 saturated carbocycles. The van der Waals surface area contributed by atoms with Crippen molar-refractivity contribution in [2.24, 2.45) is 5.92 Å². The number of quaternary nitrogens is 1. The number of nitrogens with zero attached hydrogens (tertiary/aromatic N) is 2. The number of benzene rings is 1. The quantitative estimate of drug-likeness (QED) is 0.720. The Bertz CT molecular complexity index is 507. The number of hydrogen-bond acceptors (Lipinski definition) is 2.